The fraction of sp³-hybridized carbons (Fsp3) is 0.364. The van der Waals surface area contributed by atoms with E-state index in [1.807, 2.05) is 38.1 Å². The lowest BCUT2D eigenvalue weighted by Gasteiger charge is -2.18. The Morgan fingerprint density at radius 3 is 2.23 bits per heavy atom. The van der Waals surface area contributed by atoms with E-state index in [1.165, 1.54) is 31.2 Å². The number of amides is 2. The van der Waals surface area contributed by atoms with Crippen molar-refractivity contribution in [2.75, 3.05) is 18.4 Å². The predicted octanol–water partition coefficient (Wildman–Crippen LogP) is 2.63. The summed E-state index contributed by atoms with van der Waals surface area (Å²) in [6.45, 7) is 7.25. The van der Waals surface area contributed by atoms with Crippen LogP contribution >= 0.6 is 0 Å². The minimum Gasteiger partial charge on any atom is -0.481 e. The molecule has 0 heterocycles. The molecule has 31 heavy (non-hydrogen) atoms. The van der Waals surface area contributed by atoms with E-state index in [1.54, 1.807) is 6.92 Å². The highest BCUT2D eigenvalue weighted by molar-refractivity contribution is 7.89. The van der Waals surface area contributed by atoms with Gasteiger partial charge in [-0.15, -0.1) is 0 Å². The Labute approximate surface area is 183 Å². The van der Waals surface area contributed by atoms with Gasteiger partial charge in [0.1, 0.15) is 5.75 Å². The lowest BCUT2D eigenvalue weighted by Crippen LogP contribution is -2.40. The first-order valence-corrected chi connectivity index (χ1v) is 11.5. The van der Waals surface area contributed by atoms with Gasteiger partial charge in [-0.1, -0.05) is 32.0 Å². The first-order valence-electron chi connectivity index (χ1n) is 10.0. The van der Waals surface area contributed by atoms with Crippen molar-refractivity contribution in [3.05, 3.63) is 54.1 Å². The van der Waals surface area contributed by atoms with Gasteiger partial charge < -0.3 is 15.4 Å². The summed E-state index contributed by atoms with van der Waals surface area (Å²) in [5.74, 6) is 0.338. The molecular formula is C22H29N3O5S. The molecule has 3 N–H and O–H groups in total. The number of nitrogens with one attached hydrogen (secondary N) is 3. The molecule has 0 aliphatic rings. The van der Waals surface area contributed by atoms with Crippen LogP contribution in [0.1, 0.15) is 39.2 Å². The van der Waals surface area contributed by atoms with Gasteiger partial charge in [0.15, 0.2) is 6.10 Å². The van der Waals surface area contributed by atoms with Crippen LogP contribution in [-0.2, 0) is 19.6 Å². The minimum atomic E-state index is -3.73. The Morgan fingerprint density at radius 2 is 1.61 bits per heavy atom. The molecule has 168 valence electrons. The van der Waals surface area contributed by atoms with Crippen LogP contribution in [0.3, 0.4) is 0 Å². The molecule has 9 heteroatoms. The standard InChI is InChI=1S/C22H29N3O5S/c1-15(2)20-7-5-6-8-21(20)30-16(3)22(27)23-13-14-24-31(28,29)19-11-9-18(10-12-19)25-17(4)26/h5-12,15-16,24H,13-14H2,1-4H3,(H,23,27)(H,25,26). The number of benzene rings is 2. The van der Waals surface area contributed by atoms with Crippen LogP contribution in [0.4, 0.5) is 5.69 Å². The van der Waals surface area contributed by atoms with Crippen molar-refractivity contribution in [1.29, 1.82) is 0 Å². The number of hydrogen-bond donors (Lipinski definition) is 3. The number of ether oxygens (including phenoxy) is 1. The summed E-state index contributed by atoms with van der Waals surface area (Å²) in [6.07, 6.45) is -0.724. The molecule has 0 spiro atoms. The molecule has 0 aliphatic carbocycles. The zero-order chi connectivity index (χ0) is 23.0. The van der Waals surface area contributed by atoms with E-state index in [2.05, 4.69) is 15.4 Å². The second kappa shape index (κ2) is 10.9. The molecule has 0 aliphatic heterocycles. The van der Waals surface area contributed by atoms with E-state index >= 15 is 0 Å². The number of anilines is 1. The predicted molar refractivity (Wildman–Crippen MR) is 120 cm³/mol. The number of sulfonamides is 1. The zero-order valence-electron chi connectivity index (χ0n) is 18.1. The second-order valence-corrected chi connectivity index (χ2v) is 9.11. The van der Waals surface area contributed by atoms with Gasteiger partial charge in [-0.25, -0.2) is 13.1 Å². The summed E-state index contributed by atoms with van der Waals surface area (Å²) < 4.78 is 32.9. The Hall–Kier alpha value is -2.91. The highest BCUT2D eigenvalue weighted by atomic mass is 32.2. The number of hydrogen-bond acceptors (Lipinski definition) is 5. The average molecular weight is 448 g/mol. The number of para-hydroxylation sites is 1. The highest BCUT2D eigenvalue weighted by Crippen LogP contribution is 2.26. The fourth-order valence-electron chi connectivity index (χ4n) is 2.83. The minimum absolute atomic E-state index is 0.0246. The van der Waals surface area contributed by atoms with Gasteiger partial charge >= 0.3 is 0 Å². The van der Waals surface area contributed by atoms with E-state index in [0.29, 0.717) is 11.4 Å². The van der Waals surface area contributed by atoms with Gasteiger partial charge in [-0.05, 0) is 48.7 Å². The summed E-state index contributed by atoms with van der Waals surface area (Å²) >= 11 is 0. The first-order chi connectivity index (χ1) is 14.6. The maximum atomic E-state index is 12.4. The molecule has 0 fully saturated rings. The van der Waals surface area contributed by atoms with Crippen molar-refractivity contribution in [2.45, 2.75) is 44.6 Å². The molecule has 1 atom stereocenters. The molecule has 8 nitrogen and oxygen atoms in total. The van der Waals surface area contributed by atoms with E-state index in [9.17, 15) is 18.0 Å². The van der Waals surface area contributed by atoms with E-state index < -0.39 is 16.1 Å². The second-order valence-electron chi connectivity index (χ2n) is 7.35. The molecule has 0 radical (unpaired) electrons. The fourth-order valence-corrected chi connectivity index (χ4v) is 3.86. The topological polar surface area (TPSA) is 114 Å². The molecular weight excluding hydrogens is 418 g/mol. The van der Waals surface area contributed by atoms with Crippen molar-refractivity contribution >= 4 is 27.5 Å². The molecule has 2 amide bonds. The SMILES string of the molecule is CC(=O)Nc1ccc(S(=O)(=O)NCCNC(=O)C(C)Oc2ccccc2C(C)C)cc1. The van der Waals surface area contributed by atoms with Gasteiger partial charge in [-0.2, -0.15) is 0 Å². The molecule has 0 saturated carbocycles. The van der Waals surface area contributed by atoms with Crippen LogP contribution < -0.4 is 20.1 Å². The van der Waals surface area contributed by atoms with Crippen LogP contribution in [0.15, 0.2) is 53.4 Å². The van der Waals surface area contributed by atoms with Gasteiger partial charge in [0.25, 0.3) is 5.91 Å². The van der Waals surface area contributed by atoms with Gasteiger partial charge in [0.2, 0.25) is 15.9 Å². The summed E-state index contributed by atoms with van der Waals surface area (Å²) in [6, 6.07) is 13.4. The maximum absolute atomic E-state index is 12.4. The maximum Gasteiger partial charge on any atom is 0.260 e. The van der Waals surface area contributed by atoms with Crippen LogP contribution in [0.5, 0.6) is 5.75 Å². The number of rotatable bonds is 10. The molecule has 2 rings (SSSR count). The summed E-state index contributed by atoms with van der Waals surface area (Å²) in [4.78, 5) is 23.4. The van der Waals surface area contributed by atoms with Crippen LogP contribution in [0.25, 0.3) is 0 Å². The van der Waals surface area contributed by atoms with Crippen molar-refractivity contribution in [1.82, 2.24) is 10.0 Å². The van der Waals surface area contributed by atoms with E-state index in [4.69, 9.17) is 4.74 Å². The van der Waals surface area contributed by atoms with Gasteiger partial charge in [0, 0.05) is 25.7 Å². The molecule has 2 aromatic rings. The third-order valence-corrected chi connectivity index (χ3v) is 5.89. The molecule has 1 unspecified atom stereocenters. The van der Waals surface area contributed by atoms with Crippen molar-refractivity contribution in [2.24, 2.45) is 0 Å². The third kappa shape index (κ3) is 7.37. The summed E-state index contributed by atoms with van der Waals surface area (Å²) in [7, 11) is -3.73. The number of carbonyl (C=O) groups excluding carboxylic acids is 2. The zero-order valence-corrected chi connectivity index (χ0v) is 19.0. The first kappa shape index (κ1) is 24.4. The normalized spacial score (nSPS) is 12.3. The average Bonchev–Trinajstić information content (AvgIpc) is 2.71. The van der Waals surface area contributed by atoms with Crippen LogP contribution in [0, 0.1) is 0 Å². The van der Waals surface area contributed by atoms with Crippen LogP contribution in [0.2, 0.25) is 0 Å². The highest BCUT2D eigenvalue weighted by Gasteiger charge is 2.18. The van der Waals surface area contributed by atoms with Crippen LogP contribution in [-0.4, -0.2) is 39.4 Å². The lowest BCUT2D eigenvalue weighted by atomic mass is 10.0. The van der Waals surface area contributed by atoms with Gasteiger partial charge in [-0.3, -0.25) is 9.59 Å². The van der Waals surface area contributed by atoms with Crippen molar-refractivity contribution < 1.29 is 22.7 Å². The molecule has 2 aromatic carbocycles. The molecule has 0 saturated heterocycles. The monoisotopic (exact) mass is 447 g/mol. The Morgan fingerprint density at radius 1 is 0.968 bits per heavy atom. The Bertz CT molecular complexity index is 1000. The Kier molecular flexibility index (Phi) is 8.58. The smallest absolute Gasteiger partial charge is 0.260 e. The van der Waals surface area contributed by atoms with Crippen molar-refractivity contribution in [3.8, 4) is 5.75 Å². The quantitative estimate of drug-likeness (QED) is 0.485. The number of carbonyl (C=O) groups is 2. The summed E-state index contributed by atoms with van der Waals surface area (Å²) in [5, 5.41) is 5.24. The Balaban J connectivity index is 1.83. The molecule has 0 aromatic heterocycles. The lowest BCUT2D eigenvalue weighted by molar-refractivity contribution is -0.127. The van der Waals surface area contributed by atoms with Crippen molar-refractivity contribution in [3.63, 3.8) is 0 Å². The van der Waals surface area contributed by atoms with Gasteiger partial charge in [0.05, 0.1) is 4.90 Å². The largest absolute Gasteiger partial charge is 0.481 e. The van der Waals surface area contributed by atoms with E-state index in [-0.39, 0.29) is 35.7 Å². The molecule has 0 bridgehead atoms. The summed E-state index contributed by atoms with van der Waals surface area (Å²) in [5.41, 5.74) is 1.52. The van der Waals surface area contributed by atoms with E-state index in [0.717, 1.165) is 5.56 Å². The third-order valence-electron chi connectivity index (χ3n) is 4.42.